The lowest BCUT2D eigenvalue weighted by Crippen LogP contribution is -2.16. The minimum atomic E-state index is -0.461. The summed E-state index contributed by atoms with van der Waals surface area (Å²) in [5.41, 5.74) is 11.1. The van der Waals surface area contributed by atoms with Crippen molar-refractivity contribution in [3.8, 4) is 0 Å². The molecule has 0 radical (unpaired) electrons. The summed E-state index contributed by atoms with van der Waals surface area (Å²) in [6, 6.07) is 3.36. The Morgan fingerprint density at radius 2 is 2.19 bits per heavy atom. The Morgan fingerprint density at radius 3 is 2.88 bits per heavy atom. The maximum Gasteiger partial charge on any atom is 0.252 e. The van der Waals surface area contributed by atoms with E-state index in [9.17, 15) is 4.79 Å². The second-order valence-corrected chi connectivity index (χ2v) is 3.54. The highest BCUT2D eigenvalue weighted by molar-refractivity contribution is 5.97. The number of carbonyl (C=O) groups excluding carboxylic acids is 1. The van der Waals surface area contributed by atoms with Crippen LogP contribution in [0.15, 0.2) is 18.3 Å². The van der Waals surface area contributed by atoms with Crippen LogP contribution in [0.4, 0.5) is 5.82 Å². The Morgan fingerprint density at radius 1 is 1.38 bits per heavy atom. The number of hydrogen-bond acceptors (Lipinski definition) is 4. The zero-order valence-corrected chi connectivity index (χ0v) is 9.28. The molecule has 0 fully saturated rings. The number of nitrogens with one attached hydrogen (secondary N) is 1. The van der Waals surface area contributed by atoms with Crippen molar-refractivity contribution >= 4 is 11.7 Å². The number of hydrogen-bond donors (Lipinski definition) is 3. The van der Waals surface area contributed by atoms with Gasteiger partial charge in [0.2, 0.25) is 0 Å². The number of anilines is 1. The summed E-state index contributed by atoms with van der Waals surface area (Å²) in [7, 11) is 0. The van der Waals surface area contributed by atoms with E-state index in [1.165, 1.54) is 0 Å². The summed E-state index contributed by atoms with van der Waals surface area (Å²) in [6.45, 7) is 1.49. The summed E-state index contributed by atoms with van der Waals surface area (Å²) in [6.07, 6.45) is 4.73. The van der Waals surface area contributed by atoms with E-state index in [1.54, 1.807) is 18.3 Å². The number of aromatic nitrogens is 1. The third kappa shape index (κ3) is 3.86. The van der Waals surface area contributed by atoms with Crippen molar-refractivity contribution in [1.82, 2.24) is 4.98 Å². The molecule has 5 heteroatoms. The number of amides is 1. The van der Waals surface area contributed by atoms with Crippen molar-refractivity contribution in [1.29, 1.82) is 0 Å². The zero-order chi connectivity index (χ0) is 11.8. The number of unbranched alkanes of at least 4 members (excludes halogenated alkanes) is 2. The molecular weight excluding hydrogens is 204 g/mol. The highest BCUT2D eigenvalue weighted by atomic mass is 16.1. The van der Waals surface area contributed by atoms with Crippen LogP contribution in [0, 0.1) is 0 Å². The van der Waals surface area contributed by atoms with Crippen LogP contribution < -0.4 is 16.8 Å². The molecule has 1 heterocycles. The molecule has 1 aromatic heterocycles. The van der Waals surface area contributed by atoms with Crippen LogP contribution in [-0.4, -0.2) is 24.0 Å². The molecule has 0 aliphatic heterocycles. The average Bonchev–Trinajstić information content (AvgIpc) is 2.29. The molecule has 0 spiro atoms. The van der Waals surface area contributed by atoms with E-state index >= 15 is 0 Å². The van der Waals surface area contributed by atoms with Crippen molar-refractivity contribution < 1.29 is 4.79 Å². The van der Waals surface area contributed by atoms with Gasteiger partial charge in [-0.3, -0.25) is 4.79 Å². The zero-order valence-electron chi connectivity index (χ0n) is 9.28. The second-order valence-electron chi connectivity index (χ2n) is 3.54. The summed E-state index contributed by atoms with van der Waals surface area (Å²) >= 11 is 0. The predicted molar refractivity (Wildman–Crippen MR) is 64.2 cm³/mol. The van der Waals surface area contributed by atoms with E-state index in [1.807, 2.05) is 0 Å². The first-order valence-electron chi connectivity index (χ1n) is 5.44. The van der Waals surface area contributed by atoms with Crippen LogP contribution in [0.2, 0.25) is 0 Å². The summed E-state index contributed by atoms with van der Waals surface area (Å²) in [4.78, 5) is 15.2. The topological polar surface area (TPSA) is 94.0 Å². The normalized spacial score (nSPS) is 10.1. The Balaban J connectivity index is 2.44. The van der Waals surface area contributed by atoms with Gasteiger partial charge in [0.25, 0.3) is 5.91 Å². The van der Waals surface area contributed by atoms with Gasteiger partial charge in [0.05, 0.1) is 5.56 Å². The number of nitrogens with zero attached hydrogens (tertiary/aromatic N) is 1. The first kappa shape index (κ1) is 12.4. The molecule has 0 unspecified atom stereocenters. The Kier molecular flexibility index (Phi) is 5.28. The maximum atomic E-state index is 11.1. The SMILES string of the molecule is NCCCCCNc1ncccc1C(N)=O. The summed E-state index contributed by atoms with van der Waals surface area (Å²) in [5, 5.41) is 3.10. The maximum absolute atomic E-state index is 11.1. The molecular formula is C11H18N4O. The van der Waals surface area contributed by atoms with Crippen LogP contribution in [0.1, 0.15) is 29.6 Å². The smallest absolute Gasteiger partial charge is 0.252 e. The highest BCUT2D eigenvalue weighted by Gasteiger charge is 2.07. The fourth-order valence-electron chi connectivity index (χ4n) is 1.40. The van der Waals surface area contributed by atoms with Crippen molar-refractivity contribution in [3.63, 3.8) is 0 Å². The minimum Gasteiger partial charge on any atom is -0.369 e. The lowest BCUT2D eigenvalue weighted by molar-refractivity contribution is 0.100. The van der Waals surface area contributed by atoms with Gasteiger partial charge in [-0.15, -0.1) is 0 Å². The lowest BCUT2D eigenvalue weighted by Gasteiger charge is -2.08. The number of pyridine rings is 1. The molecule has 1 amide bonds. The van der Waals surface area contributed by atoms with Gasteiger partial charge in [0.1, 0.15) is 5.82 Å². The first-order chi connectivity index (χ1) is 7.75. The van der Waals surface area contributed by atoms with Gasteiger partial charge in [-0.2, -0.15) is 0 Å². The van der Waals surface area contributed by atoms with Gasteiger partial charge < -0.3 is 16.8 Å². The number of nitrogens with two attached hydrogens (primary N) is 2. The van der Waals surface area contributed by atoms with Crippen LogP contribution in [0.5, 0.6) is 0 Å². The molecule has 5 nitrogen and oxygen atoms in total. The van der Waals surface area contributed by atoms with Crippen molar-refractivity contribution in [3.05, 3.63) is 23.9 Å². The highest BCUT2D eigenvalue weighted by Crippen LogP contribution is 2.10. The molecule has 88 valence electrons. The monoisotopic (exact) mass is 222 g/mol. The van der Waals surface area contributed by atoms with Crippen LogP contribution >= 0.6 is 0 Å². The molecule has 0 saturated heterocycles. The molecule has 1 rings (SSSR count). The molecule has 0 aliphatic rings. The predicted octanol–water partition coefficient (Wildman–Crippen LogP) is 0.721. The number of primary amides is 1. The van der Waals surface area contributed by atoms with Crippen LogP contribution in [0.3, 0.4) is 0 Å². The van der Waals surface area contributed by atoms with Crippen molar-refractivity contribution in [2.75, 3.05) is 18.4 Å². The largest absolute Gasteiger partial charge is 0.369 e. The molecule has 0 aromatic carbocycles. The van der Waals surface area contributed by atoms with E-state index in [-0.39, 0.29) is 0 Å². The first-order valence-corrected chi connectivity index (χ1v) is 5.44. The molecule has 0 bridgehead atoms. The third-order valence-corrected chi connectivity index (χ3v) is 2.25. The van der Waals surface area contributed by atoms with E-state index in [2.05, 4.69) is 10.3 Å². The quantitative estimate of drug-likeness (QED) is 0.592. The number of rotatable bonds is 7. The minimum absolute atomic E-state index is 0.432. The van der Waals surface area contributed by atoms with Crippen molar-refractivity contribution in [2.24, 2.45) is 11.5 Å². The molecule has 0 saturated carbocycles. The van der Waals surface area contributed by atoms with Crippen LogP contribution in [0.25, 0.3) is 0 Å². The standard InChI is InChI=1S/C11H18N4O/c12-6-2-1-3-7-14-11-9(10(13)16)5-4-8-15-11/h4-5,8H,1-3,6-7,12H2,(H2,13,16)(H,14,15). The van der Waals surface area contributed by atoms with E-state index < -0.39 is 5.91 Å². The molecule has 5 N–H and O–H groups in total. The Hall–Kier alpha value is -1.62. The van der Waals surface area contributed by atoms with E-state index in [4.69, 9.17) is 11.5 Å². The Bertz CT molecular complexity index is 341. The average molecular weight is 222 g/mol. The molecule has 16 heavy (non-hydrogen) atoms. The van der Waals surface area contributed by atoms with Crippen molar-refractivity contribution in [2.45, 2.75) is 19.3 Å². The molecule has 0 atom stereocenters. The molecule has 0 aliphatic carbocycles. The number of carbonyl (C=O) groups is 1. The second kappa shape index (κ2) is 6.79. The van der Waals surface area contributed by atoms with Gasteiger partial charge >= 0.3 is 0 Å². The summed E-state index contributed by atoms with van der Waals surface area (Å²) < 4.78 is 0. The summed E-state index contributed by atoms with van der Waals surface area (Å²) in [5.74, 6) is 0.0975. The third-order valence-electron chi connectivity index (χ3n) is 2.25. The fourth-order valence-corrected chi connectivity index (χ4v) is 1.40. The van der Waals surface area contributed by atoms with Gasteiger partial charge in [-0.1, -0.05) is 6.42 Å². The fraction of sp³-hybridized carbons (Fsp3) is 0.455. The Labute approximate surface area is 95.2 Å². The lowest BCUT2D eigenvalue weighted by atomic mass is 10.2. The van der Waals surface area contributed by atoms with Gasteiger partial charge in [0.15, 0.2) is 0 Å². The molecule has 1 aromatic rings. The van der Waals surface area contributed by atoms with Crippen LogP contribution in [-0.2, 0) is 0 Å². The van der Waals surface area contributed by atoms with E-state index in [0.29, 0.717) is 11.4 Å². The van der Waals surface area contributed by atoms with Gasteiger partial charge in [-0.05, 0) is 31.5 Å². The van der Waals surface area contributed by atoms with E-state index in [0.717, 1.165) is 32.4 Å². The van der Waals surface area contributed by atoms with Gasteiger partial charge in [0, 0.05) is 12.7 Å². The van der Waals surface area contributed by atoms with Gasteiger partial charge in [-0.25, -0.2) is 4.98 Å².